The molecule has 1 aromatic rings. The van der Waals surface area contributed by atoms with Crippen LogP contribution in [0.5, 0.6) is 0 Å². The van der Waals surface area contributed by atoms with Gasteiger partial charge in [-0.05, 0) is 26.0 Å². The molecule has 0 aliphatic carbocycles. The van der Waals surface area contributed by atoms with Gasteiger partial charge in [-0.3, -0.25) is 9.36 Å². The first kappa shape index (κ1) is 20.4. The Morgan fingerprint density at radius 2 is 1.88 bits per heavy atom. The molecule has 1 aliphatic heterocycles. The van der Waals surface area contributed by atoms with Crippen molar-refractivity contribution in [3.8, 4) is 0 Å². The lowest BCUT2D eigenvalue weighted by atomic mass is 10.1. The Morgan fingerprint density at radius 3 is 2.40 bits per heavy atom. The zero-order chi connectivity index (χ0) is 18.4. The topological polar surface area (TPSA) is 67.9 Å². The molecule has 9 heteroatoms. The summed E-state index contributed by atoms with van der Waals surface area (Å²) in [6.07, 6.45) is 0. The SMILES string of the molecule is CCO[P@@](=O)(C(NC(=O)c1ccc(C)cc1)=C(Cl)Cl)N1CCOCC1. The van der Waals surface area contributed by atoms with Crippen LogP contribution in [0.2, 0.25) is 0 Å². The first-order valence-corrected chi connectivity index (χ1v) is 10.2. The Hall–Kier alpha value is -0.880. The van der Waals surface area contributed by atoms with Crippen molar-refractivity contribution in [1.29, 1.82) is 0 Å². The average Bonchev–Trinajstić information content (AvgIpc) is 2.60. The molecule has 1 atom stereocenters. The largest absolute Gasteiger partial charge is 0.379 e. The van der Waals surface area contributed by atoms with E-state index in [9.17, 15) is 9.36 Å². The lowest BCUT2D eigenvalue weighted by Gasteiger charge is -2.34. The van der Waals surface area contributed by atoms with Crippen LogP contribution in [0.4, 0.5) is 0 Å². The highest BCUT2D eigenvalue weighted by atomic mass is 35.5. The Bertz CT molecular complexity index is 684. The average molecular weight is 407 g/mol. The number of halogens is 2. The van der Waals surface area contributed by atoms with Gasteiger partial charge >= 0.3 is 7.52 Å². The van der Waals surface area contributed by atoms with E-state index in [2.05, 4.69) is 5.32 Å². The van der Waals surface area contributed by atoms with Crippen molar-refractivity contribution in [3.05, 3.63) is 45.3 Å². The van der Waals surface area contributed by atoms with E-state index in [1.54, 1.807) is 23.7 Å². The monoisotopic (exact) mass is 406 g/mol. The quantitative estimate of drug-likeness (QED) is 0.725. The number of aryl methyl sites for hydroxylation is 1. The van der Waals surface area contributed by atoms with Crippen LogP contribution in [0.1, 0.15) is 22.8 Å². The maximum absolute atomic E-state index is 13.5. The number of nitrogens with zero attached hydrogens (tertiary/aromatic N) is 1. The number of nitrogens with one attached hydrogen (secondary N) is 1. The van der Waals surface area contributed by atoms with Gasteiger partial charge in [-0.15, -0.1) is 0 Å². The summed E-state index contributed by atoms with van der Waals surface area (Å²) in [5.41, 5.74) is 1.32. The van der Waals surface area contributed by atoms with Crippen LogP contribution < -0.4 is 5.32 Å². The molecule has 0 unspecified atom stereocenters. The smallest absolute Gasteiger partial charge is 0.320 e. The minimum absolute atomic E-state index is 0.106. The summed E-state index contributed by atoms with van der Waals surface area (Å²) in [7, 11) is -3.61. The summed E-state index contributed by atoms with van der Waals surface area (Å²) in [4.78, 5) is 12.5. The zero-order valence-corrected chi connectivity index (χ0v) is 16.5. The molecule has 1 amide bonds. The molecular weight excluding hydrogens is 386 g/mol. The van der Waals surface area contributed by atoms with Gasteiger partial charge in [-0.25, -0.2) is 4.67 Å². The molecule has 1 saturated heterocycles. The van der Waals surface area contributed by atoms with Crippen molar-refractivity contribution in [2.45, 2.75) is 13.8 Å². The Labute approximate surface area is 157 Å². The number of carbonyl (C=O) groups is 1. The van der Waals surface area contributed by atoms with Gasteiger partial charge in [0.1, 0.15) is 4.49 Å². The van der Waals surface area contributed by atoms with Gasteiger partial charge < -0.3 is 14.6 Å². The summed E-state index contributed by atoms with van der Waals surface area (Å²) < 4.78 is 25.7. The van der Waals surface area contributed by atoms with E-state index in [-0.39, 0.29) is 16.5 Å². The van der Waals surface area contributed by atoms with Gasteiger partial charge in [-0.1, -0.05) is 40.9 Å². The number of rotatable bonds is 6. The highest BCUT2D eigenvalue weighted by Crippen LogP contribution is 2.59. The molecule has 1 N–H and O–H groups in total. The summed E-state index contributed by atoms with van der Waals surface area (Å²) in [6, 6.07) is 6.96. The summed E-state index contributed by atoms with van der Waals surface area (Å²) in [5, 5.41) is 2.58. The van der Waals surface area contributed by atoms with E-state index in [1.165, 1.54) is 0 Å². The lowest BCUT2D eigenvalue weighted by Crippen LogP contribution is -2.37. The van der Waals surface area contributed by atoms with Crippen molar-refractivity contribution >= 4 is 36.6 Å². The Kier molecular flexibility index (Phi) is 7.50. The molecular formula is C16H21Cl2N2O4P. The number of benzene rings is 1. The van der Waals surface area contributed by atoms with E-state index in [0.717, 1.165) is 5.56 Å². The van der Waals surface area contributed by atoms with Gasteiger partial charge in [0.15, 0.2) is 5.44 Å². The first-order chi connectivity index (χ1) is 11.9. The minimum Gasteiger partial charge on any atom is -0.379 e. The van der Waals surface area contributed by atoms with E-state index in [0.29, 0.717) is 31.9 Å². The normalized spacial score (nSPS) is 17.6. The second-order valence-electron chi connectivity index (χ2n) is 5.43. The standard InChI is InChI=1S/C16H21Cl2N2O4P/c1-3-24-25(22,20-8-10-23-11-9-20)16(14(17)18)19-15(21)13-6-4-12(2)5-7-13/h4-7H,3,8-11H2,1-2H3,(H,19,21)/t25-/m0/s1. The van der Waals surface area contributed by atoms with Crippen LogP contribution in [0.25, 0.3) is 0 Å². The third-order valence-corrected chi connectivity index (χ3v) is 6.97. The third kappa shape index (κ3) is 5.07. The molecule has 138 valence electrons. The number of hydrogen-bond donors (Lipinski definition) is 1. The van der Waals surface area contributed by atoms with Gasteiger partial charge in [0.25, 0.3) is 5.91 Å². The second kappa shape index (κ2) is 9.17. The van der Waals surface area contributed by atoms with Crippen LogP contribution >= 0.6 is 30.7 Å². The molecule has 0 radical (unpaired) electrons. The van der Waals surface area contributed by atoms with Crippen LogP contribution in [0.15, 0.2) is 34.2 Å². The molecule has 6 nitrogen and oxygen atoms in total. The van der Waals surface area contributed by atoms with Crippen molar-refractivity contribution in [2.24, 2.45) is 0 Å². The number of amides is 1. The molecule has 0 aromatic heterocycles. The van der Waals surface area contributed by atoms with Crippen molar-refractivity contribution in [2.75, 3.05) is 32.9 Å². The molecule has 1 heterocycles. The van der Waals surface area contributed by atoms with Gasteiger partial charge in [-0.2, -0.15) is 0 Å². The third-order valence-electron chi connectivity index (χ3n) is 3.67. The van der Waals surface area contributed by atoms with Crippen molar-refractivity contribution in [1.82, 2.24) is 9.99 Å². The minimum atomic E-state index is -3.61. The van der Waals surface area contributed by atoms with Crippen LogP contribution in [-0.2, 0) is 13.8 Å². The lowest BCUT2D eigenvalue weighted by molar-refractivity contribution is 0.0654. The van der Waals surface area contributed by atoms with Crippen molar-refractivity contribution < 1.29 is 18.6 Å². The first-order valence-electron chi connectivity index (χ1n) is 7.90. The predicted octanol–water partition coefficient (Wildman–Crippen LogP) is 3.89. The predicted molar refractivity (Wildman–Crippen MR) is 99.0 cm³/mol. The summed E-state index contributed by atoms with van der Waals surface area (Å²) >= 11 is 11.9. The number of carbonyl (C=O) groups excluding carboxylic acids is 1. The van der Waals surface area contributed by atoms with Gasteiger partial charge in [0.05, 0.1) is 19.8 Å². The number of morpholine rings is 1. The highest BCUT2D eigenvalue weighted by Gasteiger charge is 2.40. The number of ether oxygens (including phenoxy) is 1. The molecule has 0 bridgehead atoms. The maximum Gasteiger partial charge on any atom is 0.320 e. The van der Waals surface area contributed by atoms with Crippen LogP contribution in [-0.4, -0.2) is 43.5 Å². The van der Waals surface area contributed by atoms with Crippen molar-refractivity contribution in [3.63, 3.8) is 0 Å². The van der Waals surface area contributed by atoms with Gasteiger partial charge in [0, 0.05) is 18.7 Å². The molecule has 0 saturated carbocycles. The maximum atomic E-state index is 13.5. The molecule has 0 spiro atoms. The van der Waals surface area contributed by atoms with E-state index in [1.807, 2.05) is 19.1 Å². The fourth-order valence-electron chi connectivity index (χ4n) is 2.39. The molecule has 1 fully saturated rings. The molecule has 1 aliphatic rings. The Morgan fingerprint density at radius 1 is 1.28 bits per heavy atom. The zero-order valence-electron chi connectivity index (χ0n) is 14.1. The second-order valence-corrected chi connectivity index (χ2v) is 8.69. The Balaban J connectivity index is 2.30. The van der Waals surface area contributed by atoms with Crippen LogP contribution in [0, 0.1) is 6.92 Å². The fourth-order valence-corrected chi connectivity index (χ4v) is 5.20. The summed E-state index contributed by atoms with van der Waals surface area (Å²) in [6.45, 7) is 5.43. The van der Waals surface area contributed by atoms with E-state index in [4.69, 9.17) is 32.5 Å². The highest BCUT2D eigenvalue weighted by molar-refractivity contribution is 7.61. The van der Waals surface area contributed by atoms with Crippen LogP contribution in [0.3, 0.4) is 0 Å². The molecule has 25 heavy (non-hydrogen) atoms. The van der Waals surface area contributed by atoms with Gasteiger partial charge in [0.2, 0.25) is 0 Å². The fraction of sp³-hybridized carbons (Fsp3) is 0.438. The molecule has 1 aromatic carbocycles. The number of hydrogen-bond acceptors (Lipinski definition) is 4. The van der Waals surface area contributed by atoms with E-state index >= 15 is 0 Å². The summed E-state index contributed by atoms with van der Waals surface area (Å²) in [5.74, 6) is -0.456. The van der Waals surface area contributed by atoms with E-state index < -0.39 is 13.4 Å². The molecule has 2 rings (SSSR count).